The maximum absolute atomic E-state index is 11.8. The topological polar surface area (TPSA) is 104 Å². The first-order valence-corrected chi connectivity index (χ1v) is 9.53. The van der Waals surface area contributed by atoms with E-state index >= 15 is 0 Å². The second-order valence-corrected chi connectivity index (χ2v) is 7.55. The number of benzene rings is 1. The van der Waals surface area contributed by atoms with Crippen molar-refractivity contribution in [3.8, 4) is 6.07 Å². The summed E-state index contributed by atoms with van der Waals surface area (Å²) >= 11 is 2.91. The van der Waals surface area contributed by atoms with E-state index in [9.17, 15) is 10.1 Å². The third-order valence-corrected chi connectivity index (χ3v) is 5.39. The number of aryl methyl sites for hydroxylation is 1. The minimum absolute atomic E-state index is 0.421. The number of carbonyl (C=O) groups excluding carboxylic acids is 1. The molecule has 0 bridgehead atoms. The second kappa shape index (κ2) is 7.99. The van der Waals surface area contributed by atoms with E-state index in [1.54, 1.807) is 29.5 Å². The van der Waals surface area contributed by atoms with Crippen LogP contribution in [0.15, 0.2) is 41.8 Å². The molecule has 3 aromatic rings. The molecule has 132 valence electrons. The third-order valence-electron chi connectivity index (χ3n) is 3.70. The van der Waals surface area contributed by atoms with E-state index in [-0.39, 0.29) is 0 Å². The summed E-state index contributed by atoms with van der Waals surface area (Å²) in [7, 11) is 0. The van der Waals surface area contributed by atoms with Crippen LogP contribution in [-0.2, 0) is 11.2 Å². The zero-order valence-electron chi connectivity index (χ0n) is 14.0. The van der Waals surface area contributed by atoms with E-state index in [0.717, 1.165) is 15.6 Å². The molecule has 26 heavy (non-hydrogen) atoms. The van der Waals surface area contributed by atoms with Gasteiger partial charge in [0.1, 0.15) is 17.1 Å². The molecule has 3 rings (SSSR count). The number of carbonyl (C=O) groups is 1. The molecule has 8 heteroatoms. The first-order valence-electron chi connectivity index (χ1n) is 7.88. The molecule has 0 radical (unpaired) electrons. The average molecular weight is 384 g/mol. The SMILES string of the molecule is Cc1cc(Nc2cc(N[C@H](Cc3cccs3)C(N)=O)ccc2C#N)sn1. The summed E-state index contributed by atoms with van der Waals surface area (Å²) < 4.78 is 4.22. The molecule has 6 nitrogen and oxygen atoms in total. The molecule has 0 aliphatic rings. The molecule has 2 aromatic heterocycles. The number of hydrogen-bond acceptors (Lipinski definition) is 7. The lowest BCUT2D eigenvalue weighted by molar-refractivity contribution is -0.118. The number of nitrogens with two attached hydrogens (primary N) is 1. The smallest absolute Gasteiger partial charge is 0.240 e. The van der Waals surface area contributed by atoms with Crippen molar-refractivity contribution in [2.75, 3.05) is 10.6 Å². The van der Waals surface area contributed by atoms with Crippen molar-refractivity contribution < 1.29 is 4.79 Å². The van der Waals surface area contributed by atoms with Gasteiger partial charge in [0, 0.05) is 17.0 Å². The highest BCUT2D eigenvalue weighted by Crippen LogP contribution is 2.27. The molecule has 2 heterocycles. The number of nitrogens with zero attached hydrogens (tertiary/aromatic N) is 2. The Labute approximate surface area is 159 Å². The normalized spacial score (nSPS) is 11.5. The van der Waals surface area contributed by atoms with Crippen LogP contribution in [0.4, 0.5) is 16.4 Å². The fourth-order valence-corrected chi connectivity index (χ4v) is 3.87. The molecule has 0 unspecified atom stereocenters. The summed E-state index contributed by atoms with van der Waals surface area (Å²) in [6.45, 7) is 1.91. The number of nitrogens with one attached hydrogen (secondary N) is 2. The van der Waals surface area contributed by atoms with Gasteiger partial charge in [-0.25, -0.2) is 0 Å². The zero-order chi connectivity index (χ0) is 18.5. The molecule has 0 saturated heterocycles. The van der Waals surface area contributed by atoms with Crippen LogP contribution < -0.4 is 16.4 Å². The molecular weight excluding hydrogens is 366 g/mol. The van der Waals surface area contributed by atoms with Gasteiger partial charge < -0.3 is 16.4 Å². The van der Waals surface area contributed by atoms with Gasteiger partial charge in [0.25, 0.3) is 0 Å². The Balaban J connectivity index is 1.81. The Bertz CT molecular complexity index is 943. The van der Waals surface area contributed by atoms with Crippen LogP contribution in [0.2, 0.25) is 0 Å². The van der Waals surface area contributed by atoms with Gasteiger partial charge in [-0.3, -0.25) is 4.79 Å². The van der Waals surface area contributed by atoms with Crippen molar-refractivity contribution in [3.05, 3.63) is 57.9 Å². The van der Waals surface area contributed by atoms with Crippen LogP contribution in [0, 0.1) is 18.3 Å². The number of anilines is 3. The molecule has 0 fully saturated rings. The second-order valence-electron chi connectivity index (χ2n) is 5.71. The van der Waals surface area contributed by atoms with Gasteiger partial charge in [0.15, 0.2) is 0 Å². The molecule has 0 saturated carbocycles. The molecule has 0 aliphatic heterocycles. The number of thiophene rings is 1. The Morgan fingerprint density at radius 2 is 2.23 bits per heavy atom. The summed E-state index contributed by atoms with van der Waals surface area (Å²) in [6.07, 6.45) is 0.518. The van der Waals surface area contributed by atoms with Gasteiger partial charge in [0.05, 0.1) is 16.9 Å². The summed E-state index contributed by atoms with van der Waals surface area (Å²) in [5.41, 5.74) is 8.34. The standard InChI is InChI=1S/C18H17N5OS2/c1-11-7-17(26-23-11)22-15-8-13(5-4-12(15)10-19)21-16(18(20)24)9-14-3-2-6-25-14/h2-8,16,21-22H,9H2,1H3,(H2,20,24)/t16-/m1/s1. The number of primary amides is 1. The lowest BCUT2D eigenvalue weighted by Crippen LogP contribution is -2.37. The van der Waals surface area contributed by atoms with Crippen LogP contribution in [0.25, 0.3) is 0 Å². The largest absolute Gasteiger partial charge is 0.373 e. The Kier molecular flexibility index (Phi) is 5.51. The molecule has 0 aliphatic carbocycles. The number of hydrogen-bond donors (Lipinski definition) is 3. The predicted molar refractivity (Wildman–Crippen MR) is 106 cm³/mol. The lowest BCUT2D eigenvalue weighted by atomic mass is 10.1. The first kappa shape index (κ1) is 17.9. The number of rotatable bonds is 7. The summed E-state index contributed by atoms with van der Waals surface area (Å²) in [4.78, 5) is 12.9. The van der Waals surface area contributed by atoms with Crippen LogP contribution >= 0.6 is 22.9 Å². The van der Waals surface area contributed by atoms with Gasteiger partial charge in [-0.2, -0.15) is 9.64 Å². The van der Waals surface area contributed by atoms with Crippen molar-refractivity contribution in [2.45, 2.75) is 19.4 Å². The number of amides is 1. The molecule has 4 N–H and O–H groups in total. The maximum Gasteiger partial charge on any atom is 0.240 e. The Morgan fingerprint density at radius 3 is 2.85 bits per heavy atom. The van der Waals surface area contributed by atoms with Crippen LogP contribution in [0.3, 0.4) is 0 Å². The molecule has 0 spiro atoms. The summed E-state index contributed by atoms with van der Waals surface area (Å²) in [6, 6.07) is 12.7. The zero-order valence-corrected chi connectivity index (χ0v) is 15.7. The van der Waals surface area contributed by atoms with E-state index < -0.39 is 11.9 Å². The monoisotopic (exact) mass is 383 g/mol. The maximum atomic E-state index is 11.8. The van der Waals surface area contributed by atoms with Crippen molar-refractivity contribution in [3.63, 3.8) is 0 Å². The van der Waals surface area contributed by atoms with Gasteiger partial charge in [-0.1, -0.05) is 6.07 Å². The Hall–Kier alpha value is -2.89. The van der Waals surface area contributed by atoms with Gasteiger partial charge in [0.2, 0.25) is 5.91 Å². The Morgan fingerprint density at radius 1 is 1.38 bits per heavy atom. The van der Waals surface area contributed by atoms with Crippen molar-refractivity contribution in [1.82, 2.24) is 4.37 Å². The molecule has 1 amide bonds. The highest BCUT2D eigenvalue weighted by molar-refractivity contribution is 7.10. The van der Waals surface area contributed by atoms with Gasteiger partial charge in [-0.15, -0.1) is 11.3 Å². The van der Waals surface area contributed by atoms with E-state index in [1.165, 1.54) is 11.5 Å². The van der Waals surface area contributed by atoms with Crippen molar-refractivity contribution in [2.24, 2.45) is 5.73 Å². The van der Waals surface area contributed by atoms with Crippen LogP contribution in [0.5, 0.6) is 0 Å². The van der Waals surface area contributed by atoms with E-state index in [2.05, 4.69) is 21.1 Å². The molecule has 1 atom stereocenters. The number of nitriles is 1. The minimum Gasteiger partial charge on any atom is -0.373 e. The fraction of sp³-hybridized carbons (Fsp3) is 0.167. The summed E-state index contributed by atoms with van der Waals surface area (Å²) in [5, 5.41) is 18.5. The van der Waals surface area contributed by atoms with E-state index in [1.807, 2.05) is 30.5 Å². The van der Waals surface area contributed by atoms with Gasteiger partial charge >= 0.3 is 0 Å². The first-order chi connectivity index (χ1) is 12.5. The van der Waals surface area contributed by atoms with Crippen molar-refractivity contribution in [1.29, 1.82) is 5.26 Å². The van der Waals surface area contributed by atoms with E-state index in [0.29, 0.717) is 23.4 Å². The lowest BCUT2D eigenvalue weighted by Gasteiger charge is -2.17. The predicted octanol–water partition coefficient (Wildman–Crippen LogP) is 3.64. The van der Waals surface area contributed by atoms with E-state index in [4.69, 9.17) is 5.73 Å². The van der Waals surface area contributed by atoms with Crippen LogP contribution in [0.1, 0.15) is 16.1 Å². The quantitative estimate of drug-likeness (QED) is 0.578. The van der Waals surface area contributed by atoms with Crippen molar-refractivity contribution >= 4 is 45.2 Å². The molecule has 1 aromatic carbocycles. The number of aromatic nitrogens is 1. The average Bonchev–Trinajstić information content (AvgIpc) is 3.26. The third kappa shape index (κ3) is 4.39. The molecular formula is C18H17N5OS2. The van der Waals surface area contributed by atoms with Crippen LogP contribution in [-0.4, -0.2) is 16.3 Å². The summed E-state index contributed by atoms with van der Waals surface area (Å²) in [5.74, 6) is -0.421. The highest BCUT2D eigenvalue weighted by Gasteiger charge is 2.17. The minimum atomic E-state index is -0.528. The van der Waals surface area contributed by atoms with Gasteiger partial charge in [-0.05, 0) is 54.2 Å². The fourth-order valence-electron chi connectivity index (χ4n) is 2.44. The highest BCUT2D eigenvalue weighted by atomic mass is 32.1.